The van der Waals surface area contributed by atoms with Crippen LogP contribution in [0, 0.1) is 57.2 Å². The number of allylic oxidation sites excluding steroid dienone is 2. The maximum atomic E-state index is 13.6. The number of hydrogen-bond acceptors (Lipinski definition) is 1. The van der Waals surface area contributed by atoms with Crippen LogP contribution < -0.4 is 0 Å². The lowest BCUT2D eigenvalue weighted by atomic mass is 9.43. The maximum absolute atomic E-state index is 13.6. The van der Waals surface area contributed by atoms with Crippen molar-refractivity contribution in [3.63, 3.8) is 0 Å². The van der Waals surface area contributed by atoms with Gasteiger partial charge in [-0.15, -0.1) is 0 Å². The minimum absolute atomic E-state index is 0.209. The quantitative estimate of drug-likeness (QED) is 0.404. The third-order valence-corrected chi connectivity index (χ3v) is 12.1. The first-order valence-corrected chi connectivity index (χ1v) is 14.5. The van der Waals surface area contributed by atoms with Gasteiger partial charge in [-0.3, -0.25) is 4.79 Å². The smallest absolute Gasteiger partial charge is 0.159 e. The molecule has 0 aromatic heterocycles. The number of carbonyl (C=O) groups is 1. The van der Waals surface area contributed by atoms with Crippen molar-refractivity contribution in [2.75, 3.05) is 0 Å². The highest BCUT2D eigenvalue weighted by Gasteiger charge is 2.64. The van der Waals surface area contributed by atoms with Crippen LogP contribution in [0.3, 0.4) is 0 Å². The molecule has 4 rings (SSSR count). The highest BCUT2D eigenvalue weighted by Crippen LogP contribution is 2.72. The van der Waals surface area contributed by atoms with E-state index in [4.69, 9.17) is 0 Å². The van der Waals surface area contributed by atoms with Crippen molar-refractivity contribution in [1.82, 2.24) is 0 Å². The first-order chi connectivity index (χ1) is 15.3. The minimum Gasteiger partial charge on any atom is -0.295 e. The zero-order valence-corrected chi connectivity index (χ0v) is 23.5. The van der Waals surface area contributed by atoms with E-state index in [-0.39, 0.29) is 16.7 Å². The molecule has 1 heteroatoms. The summed E-state index contributed by atoms with van der Waals surface area (Å²) < 4.78 is 0. The number of carbonyl (C=O) groups excluding carboxylic acids is 1. The maximum Gasteiger partial charge on any atom is 0.159 e. The van der Waals surface area contributed by atoms with Gasteiger partial charge in [-0.1, -0.05) is 80.7 Å². The van der Waals surface area contributed by atoms with Gasteiger partial charge in [0.1, 0.15) is 0 Å². The molecule has 0 amide bonds. The SMILES string of the molecule is CC[C@H]([C@H](C)CCC(C)(C)C)[C@H]1CC[C@@]2(C)C3=CC(=O)[C@@H]4C[C@@H](C)CC[C@]4(C)C3CC[C@]12C. The van der Waals surface area contributed by atoms with E-state index in [9.17, 15) is 4.79 Å². The van der Waals surface area contributed by atoms with Gasteiger partial charge in [0, 0.05) is 5.92 Å². The molecule has 33 heavy (non-hydrogen) atoms. The molecule has 0 heterocycles. The zero-order chi connectivity index (χ0) is 24.4. The third kappa shape index (κ3) is 4.00. The van der Waals surface area contributed by atoms with Gasteiger partial charge in [-0.25, -0.2) is 0 Å². The molecule has 0 aromatic rings. The molecule has 4 aliphatic rings. The van der Waals surface area contributed by atoms with Crippen LogP contribution >= 0.6 is 0 Å². The second kappa shape index (κ2) is 8.51. The number of hydrogen-bond donors (Lipinski definition) is 0. The first kappa shape index (κ1) is 25.5. The van der Waals surface area contributed by atoms with Gasteiger partial charge in [0.2, 0.25) is 0 Å². The average Bonchev–Trinajstić information content (AvgIpc) is 3.00. The number of fused-ring (bicyclic) bond motifs is 5. The van der Waals surface area contributed by atoms with Crippen molar-refractivity contribution >= 4 is 5.78 Å². The molecule has 0 N–H and O–H groups in total. The second-order valence-corrected chi connectivity index (χ2v) is 15.1. The predicted molar refractivity (Wildman–Crippen MR) is 141 cm³/mol. The van der Waals surface area contributed by atoms with Gasteiger partial charge in [-0.2, -0.15) is 0 Å². The van der Waals surface area contributed by atoms with Gasteiger partial charge in [0.05, 0.1) is 0 Å². The first-order valence-electron chi connectivity index (χ1n) is 14.5. The predicted octanol–water partition coefficient (Wildman–Crippen LogP) is 9.26. The largest absolute Gasteiger partial charge is 0.295 e. The van der Waals surface area contributed by atoms with Crippen LogP contribution in [0.25, 0.3) is 0 Å². The third-order valence-electron chi connectivity index (χ3n) is 12.1. The Hall–Kier alpha value is -0.590. The molecule has 1 unspecified atom stereocenters. The summed E-state index contributed by atoms with van der Waals surface area (Å²) in [7, 11) is 0. The summed E-state index contributed by atoms with van der Waals surface area (Å²) in [5.41, 5.74) is 2.78. The lowest BCUT2D eigenvalue weighted by Crippen LogP contribution is -2.55. The Kier molecular flexibility index (Phi) is 6.58. The molecule has 188 valence electrons. The van der Waals surface area contributed by atoms with Crippen LogP contribution in [-0.4, -0.2) is 5.78 Å². The van der Waals surface area contributed by atoms with Crippen molar-refractivity contribution in [2.45, 2.75) is 127 Å². The average molecular weight is 455 g/mol. The van der Waals surface area contributed by atoms with E-state index in [1.54, 1.807) is 5.57 Å². The van der Waals surface area contributed by atoms with Crippen molar-refractivity contribution in [2.24, 2.45) is 57.2 Å². The van der Waals surface area contributed by atoms with Gasteiger partial charge in [0.15, 0.2) is 5.78 Å². The van der Waals surface area contributed by atoms with E-state index in [1.165, 1.54) is 57.8 Å². The molecule has 0 radical (unpaired) electrons. The fourth-order valence-corrected chi connectivity index (χ4v) is 9.60. The van der Waals surface area contributed by atoms with Crippen molar-refractivity contribution < 1.29 is 4.79 Å². The molecule has 0 aliphatic heterocycles. The van der Waals surface area contributed by atoms with E-state index in [0.29, 0.717) is 28.4 Å². The van der Waals surface area contributed by atoms with Gasteiger partial charge >= 0.3 is 0 Å². The normalized spacial score (nSPS) is 45.0. The highest BCUT2D eigenvalue weighted by atomic mass is 16.1. The second-order valence-electron chi connectivity index (χ2n) is 15.1. The molecule has 0 spiro atoms. The van der Waals surface area contributed by atoms with Crippen LogP contribution in [-0.2, 0) is 4.79 Å². The summed E-state index contributed by atoms with van der Waals surface area (Å²) in [4.78, 5) is 13.6. The number of ketones is 1. The lowest BCUT2D eigenvalue weighted by molar-refractivity contribution is -0.131. The monoisotopic (exact) mass is 454 g/mol. The molecule has 3 saturated carbocycles. The summed E-state index contributed by atoms with van der Waals surface area (Å²) in [6.45, 7) is 22.2. The topological polar surface area (TPSA) is 17.1 Å². The van der Waals surface area contributed by atoms with Crippen LogP contribution in [0.1, 0.15) is 127 Å². The number of rotatable bonds is 5. The van der Waals surface area contributed by atoms with E-state index >= 15 is 0 Å². The van der Waals surface area contributed by atoms with E-state index in [2.05, 4.69) is 68.4 Å². The van der Waals surface area contributed by atoms with E-state index in [0.717, 1.165) is 24.2 Å². The molecule has 3 fully saturated rings. The van der Waals surface area contributed by atoms with Gasteiger partial charge in [0.25, 0.3) is 0 Å². The molecule has 0 aromatic carbocycles. The van der Waals surface area contributed by atoms with Crippen molar-refractivity contribution in [3.05, 3.63) is 11.6 Å². The summed E-state index contributed by atoms with van der Waals surface area (Å²) in [5.74, 6) is 4.52. The Balaban J connectivity index is 1.64. The van der Waals surface area contributed by atoms with Gasteiger partial charge < -0.3 is 0 Å². The van der Waals surface area contributed by atoms with E-state index in [1.807, 2.05) is 0 Å². The van der Waals surface area contributed by atoms with Crippen LogP contribution in [0.4, 0.5) is 0 Å². The molecule has 4 aliphatic carbocycles. The van der Waals surface area contributed by atoms with E-state index < -0.39 is 0 Å². The fraction of sp³-hybridized carbons (Fsp3) is 0.906. The molecule has 9 atom stereocenters. The van der Waals surface area contributed by atoms with Crippen molar-refractivity contribution in [3.8, 4) is 0 Å². The standard InChI is InChI=1S/C32H54O/c1-10-23(22(3)12-15-29(4,5)6)24-13-17-32(9)26-20-28(33)27-19-21(2)11-16-30(27,7)25(26)14-18-31(24,32)8/h20-25,27H,10-19H2,1-9H3/t21-,22+,23+,24+,25?,27-,30+,31+,32-/m0/s1. The minimum atomic E-state index is 0.209. The molecular weight excluding hydrogens is 400 g/mol. The van der Waals surface area contributed by atoms with Crippen LogP contribution in [0.15, 0.2) is 11.6 Å². The Morgan fingerprint density at radius 2 is 1.73 bits per heavy atom. The van der Waals surface area contributed by atoms with Crippen LogP contribution in [0.5, 0.6) is 0 Å². The Morgan fingerprint density at radius 3 is 2.36 bits per heavy atom. The molecule has 0 saturated heterocycles. The lowest BCUT2D eigenvalue weighted by Gasteiger charge is -2.61. The fourth-order valence-electron chi connectivity index (χ4n) is 9.60. The molecule has 1 nitrogen and oxygen atoms in total. The Bertz CT molecular complexity index is 785. The van der Waals surface area contributed by atoms with Gasteiger partial charge in [-0.05, 0) is 109 Å². The summed E-state index contributed by atoms with van der Waals surface area (Å²) in [5, 5.41) is 0. The highest BCUT2D eigenvalue weighted by molar-refractivity contribution is 5.94. The summed E-state index contributed by atoms with van der Waals surface area (Å²) in [6, 6.07) is 0. The van der Waals surface area contributed by atoms with Crippen LogP contribution in [0.2, 0.25) is 0 Å². The summed E-state index contributed by atoms with van der Waals surface area (Å²) >= 11 is 0. The molecular formula is C32H54O. The Labute approximate surface area is 206 Å². The van der Waals surface area contributed by atoms with Crippen molar-refractivity contribution in [1.29, 1.82) is 0 Å². The zero-order valence-electron chi connectivity index (χ0n) is 23.5. The summed E-state index contributed by atoms with van der Waals surface area (Å²) in [6.07, 6.45) is 15.2. The Morgan fingerprint density at radius 1 is 1.03 bits per heavy atom. The molecule has 0 bridgehead atoms.